The molecule has 2 atom stereocenters. The van der Waals surface area contributed by atoms with Crippen molar-refractivity contribution in [3.8, 4) is 23.0 Å². The SMILES string of the molecule is Cc1nc(C2=CCC(C#N)CC2)ccc1-n1nc(-c2cccc3nn(C[C@H](O)c4ccccc4)cc23)c(C(C)C)c1C. The fraction of sp³-hybridized carbons (Fsp3) is 0.314. The molecular weight excluding hydrogens is 520 g/mol. The molecule has 1 unspecified atom stereocenters. The van der Waals surface area contributed by atoms with E-state index in [4.69, 9.17) is 15.2 Å². The maximum absolute atomic E-state index is 10.8. The van der Waals surface area contributed by atoms with Crippen LogP contribution in [0.2, 0.25) is 0 Å². The van der Waals surface area contributed by atoms with Gasteiger partial charge < -0.3 is 5.11 Å². The molecule has 1 N–H and O–H groups in total. The molecule has 212 valence electrons. The number of aromatic nitrogens is 5. The number of aliphatic hydroxyl groups excluding tert-OH is 1. The van der Waals surface area contributed by atoms with Crippen LogP contribution >= 0.6 is 0 Å². The molecule has 2 aromatic carbocycles. The van der Waals surface area contributed by atoms with Gasteiger partial charge >= 0.3 is 0 Å². The van der Waals surface area contributed by atoms with Crippen LogP contribution in [0.15, 0.2) is 72.9 Å². The molecule has 7 heteroatoms. The van der Waals surface area contributed by atoms with Gasteiger partial charge in [-0.05, 0) is 68.4 Å². The van der Waals surface area contributed by atoms with E-state index in [2.05, 4.69) is 51.1 Å². The first-order valence-corrected chi connectivity index (χ1v) is 14.7. The standard InChI is InChI=1S/C35H36N6O/c1-22(2)34-24(4)41(32-18-17-30(37-23(32)3)26-15-13-25(19-36)14-16-26)39-35(34)28-11-8-12-31-29(28)20-40(38-31)21-33(42)27-9-6-5-7-10-27/h5-12,15,17-18,20,22,25,33,42H,13-14,16,21H2,1-4H3/t25?,33-/m0/s1. The van der Waals surface area contributed by atoms with Crippen LogP contribution < -0.4 is 0 Å². The van der Waals surface area contributed by atoms with E-state index in [9.17, 15) is 10.4 Å². The smallest absolute Gasteiger partial charge is 0.0985 e. The van der Waals surface area contributed by atoms with Crippen molar-refractivity contribution in [3.05, 3.63) is 101 Å². The molecule has 7 nitrogen and oxygen atoms in total. The first-order valence-electron chi connectivity index (χ1n) is 14.7. The van der Waals surface area contributed by atoms with Crippen LogP contribution in [-0.2, 0) is 6.54 Å². The monoisotopic (exact) mass is 556 g/mol. The molecule has 1 aliphatic carbocycles. The van der Waals surface area contributed by atoms with Crippen LogP contribution in [0, 0.1) is 31.1 Å². The summed E-state index contributed by atoms with van der Waals surface area (Å²) in [7, 11) is 0. The second-order valence-corrected chi connectivity index (χ2v) is 11.6. The Morgan fingerprint density at radius 3 is 2.52 bits per heavy atom. The van der Waals surface area contributed by atoms with Gasteiger partial charge in [0.1, 0.15) is 0 Å². The number of pyridine rings is 1. The van der Waals surface area contributed by atoms with Gasteiger partial charge in [-0.2, -0.15) is 15.5 Å². The van der Waals surface area contributed by atoms with Gasteiger partial charge in [0.15, 0.2) is 0 Å². The van der Waals surface area contributed by atoms with Gasteiger partial charge in [-0.25, -0.2) is 4.68 Å². The molecule has 0 bridgehead atoms. The molecule has 3 aromatic heterocycles. The number of rotatable bonds is 7. The lowest BCUT2D eigenvalue weighted by atomic mass is 9.89. The summed E-state index contributed by atoms with van der Waals surface area (Å²) in [6.07, 6.45) is 6.11. The molecule has 0 saturated heterocycles. The van der Waals surface area contributed by atoms with Gasteiger partial charge in [0.25, 0.3) is 0 Å². The van der Waals surface area contributed by atoms with E-state index in [-0.39, 0.29) is 11.8 Å². The predicted molar refractivity (Wildman–Crippen MR) is 166 cm³/mol. The number of hydrogen-bond acceptors (Lipinski definition) is 5. The topological polar surface area (TPSA) is 92.5 Å². The number of hydrogen-bond donors (Lipinski definition) is 1. The highest BCUT2D eigenvalue weighted by Gasteiger charge is 2.24. The summed E-state index contributed by atoms with van der Waals surface area (Å²) in [6.45, 7) is 8.95. The van der Waals surface area contributed by atoms with Gasteiger partial charge in [-0.1, -0.05) is 62.4 Å². The predicted octanol–water partition coefficient (Wildman–Crippen LogP) is 7.46. The fourth-order valence-corrected chi connectivity index (χ4v) is 6.13. The van der Waals surface area contributed by atoms with Crippen molar-refractivity contribution < 1.29 is 5.11 Å². The molecule has 0 amide bonds. The molecule has 5 aromatic rings. The maximum atomic E-state index is 10.8. The van der Waals surface area contributed by atoms with Crippen LogP contribution in [0.25, 0.3) is 33.4 Å². The number of aryl methyl sites for hydroxylation is 1. The summed E-state index contributed by atoms with van der Waals surface area (Å²) < 4.78 is 3.86. The van der Waals surface area contributed by atoms with Crippen molar-refractivity contribution in [1.82, 2.24) is 24.5 Å². The van der Waals surface area contributed by atoms with Crippen molar-refractivity contribution in [2.24, 2.45) is 5.92 Å². The number of fused-ring (bicyclic) bond motifs is 1. The zero-order chi connectivity index (χ0) is 29.4. The Morgan fingerprint density at radius 1 is 1.02 bits per heavy atom. The Bertz CT molecular complexity index is 1820. The first kappa shape index (κ1) is 27.6. The molecule has 1 aliphatic rings. The quantitative estimate of drug-likeness (QED) is 0.225. The largest absolute Gasteiger partial charge is 0.386 e. The number of allylic oxidation sites excluding steroid dienone is 2. The summed E-state index contributed by atoms with van der Waals surface area (Å²) in [6, 6.07) is 22.4. The second-order valence-electron chi connectivity index (χ2n) is 11.6. The maximum Gasteiger partial charge on any atom is 0.0985 e. The number of aliphatic hydroxyl groups is 1. The molecule has 0 radical (unpaired) electrons. The first-order chi connectivity index (χ1) is 20.3. The van der Waals surface area contributed by atoms with Crippen LogP contribution in [0.1, 0.15) is 73.3 Å². The zero-order valence-electron chi connectivity index (χ0n) is 24.6. The highest BCUT2D eigenvalue weighted by molar-refractivity contribution is 5.94. The fourth-order valence-electron chi connectivity index (χ4n) is 6.13. The highest BCUT2D eigenvalue weighted by Crippen LogP contribution is 2.37. The third-order valence-corrected chi connectivity index (χ3v) is 8.35. The molecule has 0 spiro atoms. The summed E-state index contributed by atoms with van der Waals surface area (Å²) in [4.78, 5) is 4.98. The van der Waals surface area contributed by atoms with E-state index in [1.165, 1.54) is 11.1 Å². The third-order valence-electron chi connectivity index (χ3n) is 8.35. The van der Waals surface area contributed by atoms with Crippen LogP contribution in [0.5, 0.6) is 0 Å². The van der Waals surface area contributed by atoms with Crippen molar-refractivity contribution in [2.75, 3.05) is 0 Å². The summed E-state index contributed by atoms with van der Waals surface area (Å²) in [5.74, 6) is 0.367. The van der Waals surface area contributed by atoms with E-state index in [0.717, 1.165) is 69.8 Å². The summed E-state index contributed by atoms with van der Waals surface area (Å²) in [5, 5.41) is 31.1. The third kappa shape index (κ3) is 5.15. The van der Waals surface area contributed by atoms with Gasteiger partial charge in [-0.3, -0.25) is 9.67 Å². The number of benzene rings is 2. The Labute approximate surface area is 246 Å². The average Bonchev–Trinajstić information content (AvgIpc) is 3.57. The molecule has 42 heavy (non-hydrogen) atoms. The van der Waals surface area contributed by atoms with E-state index in [1.54, 1.807) is 0 Å². The van der Waals surface area contributed by atoms with Gasteiger partial charge in [-0.15, -0.1) is 0 Å². The van der Waals surface area contributed by atoms with E-state index in [0.29, 0.717) is 6.54 Å². The van der Waals surface area contributed by atoms with Crippen molar-refractivity contribution in [3.63, 3.8) is 0 Å². The van der Waals surface area contributed by atoms with Crippen molar-refractivity contribution >= 4 is 16.5 Å². The number of nitrogens with zero attached hydrogens (tertiary/aromatic N) is 6. The van der Waals surface area contributed by atoms with Gasteiger partial charge in [0.05, 0.1) is 52.9 Å². The molecule has 3 heterocycles. The van der Waals surface area contributed by atoms with E-state index < -0.39 is 6.10 Å². The zero-order valence-corrected chi connectivity index (χ0v) is 24.6. The van der Waals surface area contributed by atoms with E-state index >= 15 is 0 Å². The Morgan fingerprint density at radius 2 is 1.83 bits per heavy atom. The van der Waals surface area contributed by atoms with Crippen LogP contribution in [0.4, 0.5) is 0 Å². The Balaban J connectivity index is 1.37. The Kier molecular flexibility index (Phi) is 7.49. The van der Waals surface area contributed by atoms with Crippen molar-refractivity contribution in [1.29, 1.82) is 5.26 Å². The van der Waals surface area contributed by atoms with Crippen LogP contribution in [0.3, 0.4) is 0 Å². The minimum absolute atomic E-state index is 0.110. The molecular formula is C35H36N6O. The minimum Gasteiger partial charge on any atom is -0.386 e. The van der Waals surface area contributed by atoms with E-state index in [1.807, 2.05) is 64.9 Å². The normalized spacial score (nSPS) is 16.0. The minimum atomic E-state index is -0.646. The molecule has 6 rings (SSSR count). The lowest BCUT2D eigenvalue weighted by Crippen LogP contribution is -2.08. The highest BCUT2D eigenvalue weighted by atomic mass is 16.3. The second kappa shape index (κ2) is 11.4. The lowest BCUT2D eigenvalue weighted by Gasteiger charge is -2.17. The molecule has 0 saturated carbocycles. The molecule has 0 aliphatic heterocycles. The Hall–Kier alpha value is -4.54. The van der Waals surface area contributed by atoms with Crippen LogP contribution in [-0.4, -0.2) is 29.7 Å². The summed E-state index contributed by atoms with van der Waals surface area (Å²) in [5.41, 5.74) is 10.1. The van der Waals surface area contributed by atoms with Gasteiger partial charge in [0.2, 0.25) is 0 Å². The molecule has 0 fully saturated rings. The van der Waals surface area contributed by atoms with Gasteiger partial charge in [0, 0.05) is 28.4 Å². The lowest BCUT2D eigenvalue weighted by molar-refractivity contribution is 0.152. The summed E-state index contributed by atoms with van der Waals surface area (Å²) >= 11 is 0. The number of nitriles is 1. The van der Waals surface area contributed by atoms with Crippen molar-refractivity contribution in [2.45, 2.75) is 65.5 Å². The average molecular weight is 557 g/mol.